The van der Waals surface area contributed by atoms with Gasteiger partial charge in [-0.2, -0.15) is 10.5 Å². The Hall–Kier alpha value is -2.37. The normalized spacial score (nSPS) is 16.2. The van der Waals surface area contributed by atoms with Crippen LogP contribution in [0.4, 0.5) is 0 Å². The molecule has 1 aromatic carbocycles. The lowest BCUT2D eigenvalue weighted by Gasteiger charge is -2.35. The maximum atomic E-state index is 12.5. The molecule has 0 spiro atoms. The van der Waals surface area contributed by atoms with E-state index in [9.17, 15) is 4.79 Å². The van der Waals surface area contributed by atoms with E-state index in [2.05, 4.69) is 24.0 Å². The van der Waals surface area contributed by atoms with Gasteiger partial charge in [0.2, 0.25) is 0 Å². The zero-order valence-electron chi connectivity index (χ0n) is 14.2. The average Bonchev–Trinajstić information content (AvgIpc) is 2.65. The van der Waals surface area contributed by atoms with Crippen molar-refractivity contribution in [2.75, 3.05) is 32.7 Å². The highest BCUT2D eigenvalue weighted by atomic mass is 16.2. The molecule has 24 heavy (non-hydrogen) atoms. The lowest BCUT2D eigenvalue weighted by Crippen LogP contribution is -2.49. The van der Waals surface area contributed by atoms with Crippen molar-refractivity contribution in [1.29, 1.82) is 10.5 Å². The SMILES string of the molecule is CCc1ccc(C(=O)N2CCN(C[C@@H](C#N)CCC#N)CC2)cc1. The molecule has 0 bridgehead atoms. The molecule has 5 nitrogen and oxygen atoms in total. The molecule has 1 heterocycles. The summed E-state index contributed by atoms with van der Waals surface area (Å²) >= 11 is 0. The van der Waals surface area contributed by atoms with Gasteiger partial charge in [-0.25, -0.2) is 0 Å². The number of carbonyl (C=O) groups is 1. The Kier molecular flexibility index (Phi) is 6.78. The predicted molar refractivity (Wildman–Crippen MR) is 92.1 cm³/mol. The van der Waals surface area contributed by atoms with Crippen LogP contribution in [-0.4, -0.2) is 48.4 Å². The third-order valence-corrected chi connectivity index (χ3v) is 4.53. The van der Waals surface area contributed by atoms with Crippen molar-refractivity contribution in [1.82, 2.24) is 9.80 Å². The summed E-state index contributed by atoms with van der Waals surface area (Å²) in [5, 5.41) is 17.8. The second-order valence-electron chi connectivity index (χ2n) is 6.17. The Morgan fingerprint density at radius 2 is 1.83 bits per heavy atom. The molecule has 1 saturated heterocycles. The summed E-state index contributed by atoms with van der Waals surface area (Å²) in [6.07, 6.45) is 2.01. The van der Waals surface area contributed by atoms with Crippen molar-refractivity contribution < 1.29 is 4.79 Å². The number of aryl methyl sites for hydroxylation is 1. The fourth-order valence-electron chi connectivity index (χ4n) is 2.95. The molecular weight excluding hydrogens is 300 g/mol. The third kappa shape index (κ3) is 4.81. The van der Waals surface area contributed by atoms with Gasteiger partial charge in [0.1, 0.15) is 0 Å². The first-order valence-corrected chi connectivity index (χ1v) is 8.55. The van der Waals surface area contributed by atoms with Crippen LogP contribution in [0.5, 0.6) is 0 Å². The zero-order chi connectivity index (χ0) is 17.4. The minimum absolute atomic E-state index is 0.0821. The first-order valence-electron chi connectivity index (χ1n) is 8.55. The van der Waals surface area contributed by atoms with E-state index >= 15 is 0 Å². The molecule has 0 saturated carbocycles. The topological polar surface area (TPSA) is 71.1 Å². The lowest BCUT2D eigenvalue weighted by atomic mass is 10.0. The fourth-order valence-corrected chi connectivity index (χ4v) is 2.95. The third-order valence-electron chi connectivity index (χ3n) is 4.53. The van der Waals surface area contributed by atoms with Gasteiger partial charge in [-0.3, -0.25) is 9.69 Å². The van der Waals surface area contributed by atoms with Crippen LogP contribution >= 0.6 is 0 Å². The molecule has 1 aromatic rings. The Morgan fingerprint density at radius 1 is 1.17 bits per heavy atom. The number of nitriles is 2. The molecule has 0 N–H and O–H groups in total. The van der Waals surface area contributed by atoms with E-state index in [1.165, 1.54) is 5.56 Å². The summed E-state index contributed by atoms with van der Waals surface area (Å²) in [5.74, 6) is -0.0212. The molecule has 0 aromatic heterocycles. The summed E-state index contributed by atoms with van der Waals surface area (Å²) in [5.41, 5.74) is 1.97. The second kappa shape index (κ2) is 9.05. The van der Waals surface area contributed by atoms with E-state index in [1.54, 1.807) is 0 Å². The van der Waals surface area contributed by atoms with Crippen molar-refractivity contribution in [3.8, 4) is 12.1 Å². The maximum Gasteiger partial charge on any atom is 0.253 e. The van der Waals surface area contributed by atoms with Crippen LogP contribution < -0.4 is 0 Å². The summed E-state index contributed by atoms with van der Waals surface area (Å²) in [6, 6.07) is 12.2. The molecule has 2 rings (SSSR count). The minimum atomic E-state index is -0.103. The van der Waals surface area contributed by atoms with Gasteiger partial charge in [-0.15, -0.1) is 0 Å². The largest absolute Gasteiger partial charge is 0.336 e. The molecule has 1 atom stereocenters. The van der Waals surface area contributed by atoms with Crippen molar-refractivity contribution in [2.24, 2.45) is 5.92 Å². The number of rotatable bonds is 6. The molecule has 5 heteroatoms. The van der Waals surface area contributed by atoms with Gasteiger partial charge in [0.15, 0.2) is 0 Å². The summed E-state index contributed by atoms with van der Waals surface area (Å²) < 4.78 is 0. The Labute approximate surface area is 144 Å². The van der Waals surface area contributed by atoms with E-state index in [4.69, 9.17) is 10.5 Å². The monoisotopic (exact) mass is 324 g/mol. The van der Waals surface area contributed by atoms with Crippen LogP contribution in [0.15, 0.2) is 24.3 Å². The van der Waals surface area contributed by atoms with Crippen molar-refractivity contribution >= 4 is 5.91 Å². The highest BCUT2D eigenvalue weighted by Gasteiger charge is 2.23. The van der Waals surface area contributed by atoms with Gasteiger partial charge in [0.25, 0.3) is 5.91 Å². The van der Waals surface area contributed by atoms with Crippen LogP contribution in [-0.2, 0) is 6.42 Å². The Morgan fingerprint density at radius 3 is 2.38 bits per heavy atom. The standard InChI is InChI=1S/C19H24N4O/c1-2-16-5-7-18(8-6-16)19(24)23-12-10-22(11-13-23)15-17(14-21)4-3-9-20/h5-8,17H,2-4,10-13,15H2,1H3/t17-/m1/s1. The van der Waals surface area contributed by atoms with Crippen molar-refractivity contribution in [3.05, 3.63) is 35.4 Å². The molecular formula is C19H24N4O. The first-order chi connectivity index (χ1) is 11.7. The number of hydrogen-bond acceptors (Lipinski definition) is 4. The molecule has 0 aliphatic carbocycles. The van der Waals surface area contributed by atoms with Crippen LogP contribution in [0.25, 0.3) is 0 Å². The highest BCUT2D eigenvalue weighted by molar-refractivity contribution is 5.94. The summed E-state index contributed by atoms with van der Waals surface area (Å²) in [4.78, 5) is 16.6. The first kappa shape index (κ1) is 18.0. The summed E-state index contributed by atoms with van der Waals surface area (Å²) in [7, 11) is 0. The molecule has 1 aliphatic heterocycles. The number of benzene rings is 1. The van der Waals surface area contributed by atoms with Gasteiger partial charge < -0.3 is 4.90 Å². The predicted octanol–water partition coefficient (Wildman–Crippen LogP) is 2.45. The molecule has 1 fully saturated rings. The quantitative estimate of drug-likeness (QED) is 0.806. The molecule has 126 valence electrons. The highest BCUT2D eigenvalue weighted by Crippen LogP contribution is 2.13. The van der Waals surface area contributed by atoms with Crippen molar-refractivity contribution in [3.63, 3.8) is 0 Å². The van der Waals surface area contributed by atoms with Crippen LogP contribution in [0.2, 0.25) is 0 Å². The van der Waals surface area contributed by atoms with Crippen LogP contribution in [0.3, 0.4) is 0 Å². The van der Waals surface area contributed by atoms with E-state index in [1.807, 2.05) is 29.2 Å². The van der Waals surface area contributed by atoms with E-state index in [-0.39, 0.29) is 11.8 Å². The number of nitrogens with zero attached hydrogens (tertiary/aromatic N) is 4. The fraction of sp³-hybridized carbons (Fsp3) is 0.526. The Bertz CT molecular complexity index is 618. The zero-order valence-corrected chi connectivity index (χ0v) is 14.2. The minimum Gasteiger partial charge on any atom is -0.336 e. The number of hydrogen-bond donors (Lipinski definition) is 0. The van der Waals surface area contributed by atoms with Gasteiger partial charge in [0, 0.05) is 44.7 Å². The van der Waals surface area contributed by atoms with Gasteiger partial charge in [0.05, 0.1) is 18.1 Å². The van der Waals surface area contributed by atoms with Crippen molar-refractivity contribution in [2.45, 2.75) is 26.2 Å². The van der Waals surface area contributed by atoms with Gasteiger partial charge in [-0.1, -0.05) is 19.1 Å². The Balaban J connectivity index is 1.84. The van der Waals surface area contributed by atoms with E-state index in [0.717, 1.165) is 25.1 Å². The molecule has 0 radical (unpaired) electrons. The van der Waals surface area contributed by atoms with E-state index < -0.39 is 0 Å². The van der Waals surface area contributed by atoms with Crippen LogP contribution in [0, 0.1) is 28.6 Å². The number of carbonyl (C=O) groups excluding carboxylic acids is 1. The van der Waals surface area contributed by atoms with E-state index in [0.29, 0.717) is 32.5 Å². The smallest absolute Gasteiger partial charge is 0.253 e. The van der Waals surface area contributed by atoms with Gasteiger partial charge in [-0.05, 0) is 30.5 Å². The second-order valence-corrected chi connectivity index (χ2v) is 6.17. The summed E-state index contributed by atoms with van der Waals surface area (Å²) in [6.45, 7) is 5.72. The number of amides is 1. The average molecular weight is 324 g/mol. The molecule has 1 amide bonds. The molecule has 0 unspecified atom stereocenters. The lowest BCUT2D eigenvalue weighted by molar-refractivity contribution is 0.0625. The number of piperazine rings is 1. The van der Waals surface area contributed by atoms with Gasteiger partial charge >= 0.3 is 0 Å². The maximum absolute atomic E-state index is 12.5. The van der Waals surface area contributed by atoms with Crippen LogP contribution in [0.1, 0.15) is 35.7 Å². The molecule has 1 aliphatic rings.